The summed E-state index contributed by atoms with van der Waals surface area (Å²) in [7, 11) is 0. The second-order valence-electron chi connectivity index (χ2n) is 21.0. The summed E-state index contributed by atoms with van der Waals surface area (Å²) in [5.41, 5.74) is -1.05. The number of anilines is 1. The maximum Gasteiger partial charge on any atom is 0.411 e. The molecule has 410 valence electrons. The van der Waals surface area contributed by atoms with Crippen molar-refractivity contribution < 1.29 is 55.0 Å². The van der Waals surface area contributed by atoms with Crippen LogP contribution in [0.4, 0.5) is 32.0 Å². The van der Waals surface area contributed by atoms with Gasteiger partial charge in [0.2, 0.25) is 5.41 Å². The maximum atomic E-state index is 15.1. The Morgan fingerprint density at radius 1 is 0.444 bits per heavy atom. The third-order valence-electron chi connectivity index (χ3n) is 17.0. The molecule has 11 rings (SSSR count). The van der Waals surface area contributed by atoms with Crippen molar-refractivity contribution >= 4 is 29.3 Å². The van der Waals surface area contributed by atoms with Gasteiger partial charge in [0.1, 0.15) is 23.0 Å². The second-order valence-corrected chi connectivity index (χ2v) is 21.0. The first-order valence-electron chi connectivity index (χ1n) is 26.9. The summed E-state index contributed by atoms with van der Waals surface area (Å²) in [6, 6.07) is 48.4. The van der Waals surface area contributed by atoms with Gasteiger partial charge in [-0.05, 0) is 161 Å². The summed E-state index contributed by atoms with van der Waals surface area (Å²) in [5, 5.41) is 0. The quantitative estimate of drug-likeness (QED) is 0.0750. The van der Waals surface area contributed by atoms with Gasteiger partial charge in [0.05, 0.1) is 33.4 Å². The van der Waals surface area contributed by atoms with E-state index in [4.69, 9.17) is 9.47 Å². The molecule has 14 heteroatoms. The minimum Gasteiger partial charge on any atom is -0.457 e. The molecule has 2 aliphatic heterocycles. The number of rotatable bonds is 15. The SMILES string of the molecule is CCC(CC)c1ccc(C(c2ccc(N3C(=O)c4ccc(Oc5ccc(C6(c7ccc(Oc8ccc9c(c8)C(=O)N(C(C)(CC)CC)C9=O)cc7)c7ccccc7-c7ccccc76)cc5)cc4C3=O)cc2)(C(F)(F)F)C(F)(F)F)cc1. The number of fused-ring (bicyclic) bond motifs is 5. The van der Waals surface area contributed by atoms with Crippen molar-refractivity contribution in [2.75, 3.05) is 4.90 Å². The minimum absolute atomic E-state index is 0.0293. The van der Waals surface area contributed by atoms with Crippen LogP contribution in [0, 0.1) is 0 Å². The van der Waals surface area contributed by atoms with Gasteiger partial charge in [0, 0.05) is 5.54 Å². The first-order valence-corrected chi connectivity index (χ1v) is 26.9. The van der Waals surface area contributed by atoms with E-state index >= 15 is 26.3 Å². The van der Waals surface area contributed by atoms with Gasteiger partial charge in [-0.2, -0.15) is 26.3 Å². The standard InChI is InChI=1S/C67H54F6N2O6/c1-6-40(7-2)41-18-20-44(21-19-41)65(66(68,69)70,67(71,72)73)45-22-28-46(29-23-45)74-59(76)53-36-34-49(38-55(53)60(74)77)80-47-30-24-42(25-31-47)64(57-16-12-10-14-51(57)52-15-11-13-17-58(52)64)43-26-32-48(33-27-43)81-50-35-37-54-56(39-50)62(79)75(61(54)78)63(5,8-3)9-4/h10-40H,6-9H2,1-5H3. The predicted octanol–water partition coefficient (Wildman–Crippen LogP) is 16.9. The van der Waals surface area contributed by atoms with E-state index in [1.165, 1.54) is 35.2 Å². The zero-order valence-corrected chi connectivity index (χ0v) is 44.8. The van der Waals surface area contributed by atoms with Crippen molar-refractivity contribution in [2.24, 2.45) is 0 Å². The number of hydrogen-bond donors (Lipinski definition) is 0. The van der Waals surface area contributed by atoms with Gasteiger partial charge < -0.3 is 9.47 Å². The van der Waals surface area contributed by atoms with Crippen LogP contribution >= 0.6 is 0 Å². The lowest BCUT2D eigenvalue weighted by Crippen LogP contribution is -2.54. The molecule has 8 aromatic rings. The fourth-order valence-corrected chi connectivity index (χ4v) is 12.3. The van der Waals surface area contributed by atoms with Gasteiger partial charge >= 0.3 is 12.4 Å². The Bertz CT molecular complexity index is 3730. The van der Waals surface area contributed by atoms with Gasteiger partial charge in [-0.3, -0.25) is 24.1 Å². The van der Waals surface area contributed by atoms with Crippen LogP contribution in [0.1, 0.15) is 147 Å². The highest BCUT2D eigenvalue weighted by molar-refractivity contribution is 6.34. The van der Waals surface area contributed by atoms with Crippen LogP contribution in [0.15, 0.2) is 182 Å². The highest BCUT2D eigenvalue weighted by Crippen LogP contribution is 2.58. The lowest BCUT2D eigenvalue weighted by atomic mass is 9.68. The van der Waals surface area contributed by atoms with E-state index in [0.29, 0.717) is 71.8 Å². The normalized spacial score (nSPS) is 14.8. The van der Waals surface area contributed by atoms with Crippen molar-refractivity contribution in [2.45, 2.75) is 94.9 Å². The Balaban J connectivity index is 0.863. The summed E-state index contributed by atoms with van der Waals surface area (Å²) >= 11 is 0. The molecule has 0 saturated heterocycles. The number of nitrogens with zero attached hydrogens (tertiary/aromatic N) is 2. The molecular weight excluding hydrogens is 1040 g/mol. The summed E-state index contributed by atoms with van der Waals surface area (Å²) in [6.45, 7) is 9.62. The molecular formula is C67H54F6N2O6. The smallest absolute Gasteiger partial charge is 0.411 e. The zero-order valence-electron chi connectivity index (χ0n) is 44.8. The second kappa shape index (κ2) is 20.1. The fourth-order valence-electron chi connectivity index (χ4n) is 12.3. The van der Waals surface area contributed by atoms with E-state index in [9.17, 15) is 19.2 Å². The van der Waals surface area contributed by atoms with E-state index in [-0.39, 0.29) is 40.3 Å². The highest BCUT2D eigenvalue weighted by atomic mass is 19.4. The van der Waals surface area contributed by atoms with Crippen molar-refractivity contribution in [3.8, 4) is 34.1 Å². The van der Waals surface area contributed by atoms with Gasteiger partial charge in [-0.25, -0.2) is 4.90 Å². The average Bonchev–Trinajstić information content (AvgIpc) is 4.03. The minimum atomic E-state index is -5.83. The van der Waals surface area contributed by atoms with Crippen LogP contribution in [0.3, 0.4) is 0 Å². The van der Waals surface area contributed by atoms with Crippen LogP contribution in [0.2, 0.25) is 0 Å². The van der Waals surface area contributed by atoms with Gasteiger partial charge in [0.15, 0.2) is 0 Å². The van der Waals surface area contributed by atoms with E-state index < -0.39 is 51.7 Å². The predicted molar refractivity (Wildman–Crippen MR) is 297 cm³/mol. The van der Waals surface area contributed by atoms with Crippen molar-refractivity contribution in [3.05, 3.63) is 243 Å². The van der Waals surface area contributed by atoms with Crippen LogP contribution < -0.4 is 14.4 Å². The Hall–Kier alpha value is -8.78. The fraction of sp³-hybridized carbons (Fsp3) is 0.224. The molecule has 0 aromatic heterocycles. The van der Waals surface area contributed by atoms with Crippen molar-refractivity contribution in [3.63, 3.8) is 0 Å². The Labute approximate surface area is 464 Å². The molecule has 8 aromatic carbocycles. The summed E-state index contributed by atoms with van der Waals surface area (Å²) in [4.78, 5) is 57.0. The van der Waals surface area contributed by atoms with Crippen LogP contribution in [0.5, 0.6) is 23.0 Å². The number of alkyl halides is 6. The monoisotopic (exact) mass is 1100 g/mol. The lowest BCUT2D eigenvalue weighted by molar-refractivity contribution is -0.288. The molecule has 0 fully saturated rings. The molecule has 0 unspecified atom stereocenters. The molecule has 0 bridgehead atoms. The van der Waals surface area contributed by atoms with Gasteiger partial charge in [-0.1, -0.05) is 137 Å². The molecule has 3 aliphatic rings. The Morgan fingerprint density at radius 2 is 0.840 bits per heavy atom. The molecule has 0 spiro atoms. The Kier molecular flexibility index (Phi) is 13.4. The number of hydrogen-bond acceptors (Lipinski definition) is 6. The van der Waals surface area contributed by atoms with Gasteiger partial charge in [0.25, 0.3) is 23.6 Å². The van der Waals surface area contributed by atoms with E-state index in [1.54, 1.807) is 30.3 Å². The van der Waals surface area contributed by atoms with Crippen LogP contribution in [-0.2, 0) is 10.8 Å². The van der Waals surface area contributed by atoms with E-state index in [1.807, 2.05) is 95.3 Å². The number of amides is 4. The molecule has 81 heavy (non-hydrogen) atoms. The highest BCUT2D eigenvalue weighted by Gasteiger charge is 2.72. The number of halogens is 6. The number of ether oxygens (including phenoxy) is 2. The first-order chi connectivity index (χ1) is 38.7. The zero-order chi connectivity index (χ0) is 57.4. The number of benzene rings is 8. The van der Waals surface area contributed by atoms with E-state index in [2.05, 4.69) is 24.3 Å². The summed E-state index contributed by atoms with van der Waals surface area (Å²) in [6.07, 6.45) is -9.12. The van der Waals surface area contributed by atoms with Crippen LogP contribution in [0.25, 0.3) is 11.1 Å². The largest absolute Gasteiger partial charge is 0.457 e. The third-order valence-corrected chi connectivity index (χ3v) is 17.0. The molecule has 0 N–H and O–H groups in total. The third kappa shape index (κ3) is 8.43. The van der Waals surface area contributed by atoms with Crippen molar-refractivity contribution in [1.82, 2.24) is 4.90 Å². The Morgan fingerprint density at radius 3 is 1.28 bits per heavy atom. The molecule has 8 nitrogen and oxygen atoms in total. The molecule has 0 atom stereocenters. The van der Waals surface area contributed by atoms with Crippen LogP contribution in [-0.4, -0.2) is 46.4 Å². The topological polar surface area (TPSA) is 93.2 Å². The molecule has 2 heterocycles. The van der Waals surface area contributed by atoms with Crippen molar-refractivity contribution in [1.29, 1.82) is 0 Å². The number of carbonyl (C=O) groups is 4. The number of carbonyl (C=O) groups excluding carboxylic acids is 4. The lowest BCUT2D eigenvalue weighted by Gasteiger charge is -2.38. The molecule has 0 saturated carbocycles. The summed E-state index contributed by atoms with van der Waals surface area (Å²) < 4.78 is 103. The first kappa shape index (κ1) is 54.2. The molecule has 1 aliphatic carbocycles. The molecule has 4 amide bonds. The van der Waals surface area contributed by atoms with E-state index in [0.717, 1.165) is 62.5 Å². The molecule has 0 radical (unpaired) electrons. The summed E-state index contributed by atoms with van der Waals surface area (Å²) in [5.74, 6) is -0.866. The average molecular weight is 1100 g/mol. The van der Waals surface area contributed by atoms with Gasteiger partial charge in [-0.15, -0.1) is 0 Å². The maximum absolute atomic E-state index is 15.1. The number of imide groups is 2.